The molecule has 0 aromatic heterocycles. The number of anilines is 1. The average molecular weight is 312 g/mol. The SMILES string of the molecule is CCCNCc1cc(Cl)ccc1N(CC)CC(=O)NCC. The Hall–Kier alpha value is -1.26. The number of amides is 1. The molecule has 0 fully saturated rings. The highest BCUT2D eigenvalue weighted by Gasteiger charge is 2.13. The lowest BCUT2D eigenvalue weighted by molar-refractivity contribution is -0.119. The highest BCUT2D eigenvalue weighted by Crippen LogP contribution is 2.24. The number of hydrogen-bond donors (Lipinski definition) is 2. The molecular formula is C16H26ClN3O. The number of benzene rings is 1. The van der Waals surface area contributed by atoms with Gasteiger partial charge in [0.2, 0.25) is 5.91 Å². The maximum Gasteiger partial charge on any atom is 0.239 e. The largest absolute Gasteiger partial charge is 0.362 e. The van der Waals surface area contributed by atoms with Gasteiger partial charge in [0.1, 0.15) is 0 Å². The second-order valence-electron chi connectivity index (χ2n) is 4.92. The van der Waals surface area contributed by atoms with E-state index in [2.05, 4.69) is 29.4 Å². The Balaban J connectivity index is 2.88. The van der Waals surface area contributed by atoms with E-state index in [1.807, 2.05) is 25.1 Å². The van der Waals surface area contributed by atoms with Gasteiger partial charge in [-0.05, 0) is 50.6 Å². The number of nitrogens with zero attached hydrogens (tertiary/aromatic N) is 1. The van der Waals surface area contributed by atoms with Crippen molar-refractivity contribution in [2.24, 2.45) is 0 Å². The van der Waals surface area contributed by atoms with Crippen molar-refractivity contribution >= 4 is 23.2 Å². The molecule has 2 N–H and O–H groups in total. The van der Waals surface area contributed by atoms with Crippen LogP contribution in [0.4, 0.5) is 5.69 Å². The number of rotatable bonds is 9. The summed E-state index contributed by atoms with van der Waals surface area (Å²) in [7, 11) is 0. The zero-order valence-corrected chi connectivity index (χ0v) is 14.0. The standard InChI is InChI=1S/C16H26ClN3O/c1-4-9-18-11-13-10-14(17)7-8-15(13)20(6-3)12-16(21)19-5-2/h7-8,10,18H,4-6,9,11-12H2,1-3H3,(H,19,21). The monoisotopic (exact) mass is 311 g/mol. The highest BCUT2D eigenvalue weighted by atomic mass is 35.5. The third kappa shape index (κ3) is 5.94. The molecule has 0 radical (unpaired) electrons. The zero-order chi connectivity index (χ0) is 15.7. The summed E-state index contributed by atoms with van der Waals surface area (Å²) >= 11 is 6.11. The van der Waals surface area contributed by atoms with Gasteiger partial charge in [0.15, 0.2) is 0 Å². The average Bonchev–Trinajstić information content (AvgIpc) is 2.46. The van der Waals surface area contributed by atoms with Gasteiger partial charge in [0.25, 0.3) is 0 Å². The minimum atomic E-state index is 0.0433. The van der Waals surface area contributed by atoms with Gasteiger partial charge < -0.3 is 15.5 Å². The van der Waals surface area contributed by atoms with Gasteiger partial charge in [-0.2, -0.15) is 0 Å². The lowest BCUT2D eigenvalue weighted by Gasteiger charge is -2.25. The smallest absolute Gasteiger partial charge is 0.239 e. The molecule has 0 aliphatic carbocycles. The first-order valence-electron chi connectivity index (χ1n) is 7.63. The number of carbonyl (C=O) groups excluding carboxylic acids is 1. The van der Waals surface area contributed by atoms with Crippen LogP contribution in [0.5, 0.6) is 0 Å². The first-order valence-corrected chi connectivity index (χ1v) is 8.00. The molecule has 1 aromatic carbocycles. The van der Waals surface area contributed by atoms with E-state index < -0.39 is 0 Å². The van der Waals surface area contributed by atoms with Crippen molar-refractivity contribution in [3.63, 3.8) is 0 Å². The van der Waals surface area contributed by atoms with Gasteiger partial charge in [-0.25, -0.2) is 0 Å². The van der Waals surface area contributed by atoms with Gasteiger partial charge in [0.05, 0.1) is 6.54 Å². The summed E-state index contributed by atoms with van der Waals surface area (Å²) in [5.74, 6) is 0.0433. The molecule has 0 unspecified atom stereocenters. The van der Waals surface area contributed by atoms with Crippen LogP contribution in [0.15, 0.2) is 18.2 Å². The third-order valence-corrected chi connectivity index (χ3v) is 3.45. The fraction of sp³-hybridized carbons (Fsp3) is 0.562. The van der Waals surface area contributed by atoms with Crippen LogP contribution in [0.1, 0.15) is 32.8 Å². The Labute approximate surface area is 132 Å². The first-order chi connectivity index (χ1) is 10.1. The predicted octanol–water partition coefficient (Wildman–Crippen LogP) is 2.80. The van der Waals surface area contributed by atoms with Crippen molar-refractivity contribution in [2.45, 2.75) is 33.7 Å². The Morgan fingerprint density at radius 2 is 2.05 bits per heavy atom. The van der Waals surface area contributed by atoms with E-state index in [0.717, 1.165) is 42.3 Å². The summed E-state index contributed by atoms with van der Waals surface area (Å²) in [5, 5.41) is 6.95. The van der Waals surface area contributed by atoms with E-state index in [4.69, 9.17) is 11.6 Å². The summed E-state index contributed by atoms with van der Waals surface area (Å²) in [4.78, 5) is 13.9. The molecule has 118 valence electrons. The summed E-state index contributed by atoms with van der Waals surface area (Å²) in [6, 6.07) is 5.84. The minimum absolute atomic E-state index is 0.0433. The van der Waals surface area contributed by atoms with E-state index in [0.29, 0.717) is 13.1 Å². The number of carbonyl (C=O) groups is 1. The normalized spacial score (nSPS) is 10.5. The van der Waals surface area contributed by atoms with E-state index in [9.17, 15) is 4.79 Å². The van der Waals surface area contributed by atoms with Gasteiger partial charge in [0, 0.05) is 30.3 Å². The van der Waals surface area contributed by atoms with Crippen LogP contribution in [0.3, 0.4) is 0 Å². The zero-order valence-electron chi connectivity index (χ0n) is 13.2. The molecule has 0 atom stereocenters. The van der Waals surface area contributed by atoms with Crippen molar-refractivity contribution in [3.05, 3.63) is 28.8 Å². The van der Waals surface area contributed by atoms with Gasteiger partial charge >= 0.3 is 0 Å². The summed E-state index contributed by atoms with van der Waals surface area (Å²) in [5.41, 5.74) is 2.19. The summed E-state index contributed by atoms with van der Waals surface area (Å²) in [6.07, 6.45) is 1.09. The molecule has 0 aliphatic rings. The van der Waals surface area contributed by atoms with Crippen LogP contribution in [0.2, 0.25) is 5.02 Å². The van der Waals surface area contributed by atoms with Crippen LogP contribution in [0, 0.1) is 0 Å². The Morgan fingerprint density at radius 1 is 1.29 bits per heavy atom. The molecule has 1 rings (SSSR count). The molecule has 0 spiro atoms. The molecular weight excluding hydrogens is 286 g/mol. The van der Waals surface area contributed by atoms with E-state index in [1.165, 1.54) is 0 Å². The van der Waals surface area contributed by atoms with Crippen molar-refractivity contribution in [1.29, 1.82) is 0 Å². The minimum Gasteiger partial charge on any atom is -0.362 e. The predicted molar refractivity (Wildman–Crippen MR) is 90.0 cm³/mol. The van der Waals surface area contributed by atoms with Crippen LogP contribution in [-0.4, -0.2) is 32.1 Å². The number of halogens is 1. The third-order valence-electron chi connectivity index (χ3n) is 3.21. The fourth-order valence-electron chi connectivity index (χ4n) is 2.20. The second-order valence-corrected chi connectivity index (χ2v) is 5.35. The van der Waals surface area contributed by atoms with E-state index in [1.54, 1.807) is 0 Å². The molecule has 0 bridgehead atoms. The number of hydrogen-bond acceptors (Lipinski definition) is 3. The Morgan fingerprint density at radius 3 is 2.67 bits per heavy atom. The molecule has 4 nitrogen and oxygen atoms in total. The fourth-order valence-corrected chi connectivity index (χ4v) is 2.39. The van der Waals surface area contributed by atoms with E-state index in [-0.39, 0.29) is 5.91 Å². The van der Waals surface area contributed by atoms with Crippen molar-refractivity contribution in [1.82, 2.24) is 10.6 Å². The molecule has 0 heterocycles. The van der Waals surface area contributed by atoms with Crippen LogP contribution in [-0.2, 0) is 11.3 Å². The lowest BCUT2D eigenvalue weighted by Crippen LogP contribution is -2.37. The van der Waals surface area contributed by atoms with Gasteiger partial charge in [-0.15, -0.1) is 0 Å². The molecule has 0 aliphatic heterocycles. The molecule has 5 heteroatoms. The summed E-state index contributed by atoms with van der Waals surface area (Å²) < 4.78 is 0. The number of nitrogens with one attached hydrogen (secondary N) is 2. The van der Waals surface area contributed by atoms with Crippen LogP contribution in [0.25, 0.3) is 0 Å². The Bertz CT molecular complexity index is 451. The summed E-state index contributed by atoms with van der Waals surface area (Å²) in [6.45, 7) is 9.64. The van der Waals surface area contributed by atoms with Gasteiger partial charge in [-0.3, -0.25) is 4.79 Å². The van der Waals surface area contributed by atoms with Gasteiger partial charge in [-0.1, -0.05) is 18.5 Å². The molecule has 1 amide bonds. The molecule has 0 saturated carbocycles. The van der Waals surface area contributed by atoms with Crippen LogP contribution < -0.4 is 15.5 Å². The first kappa shape index (κ1) is 17.8. The lowest BCUT2D eigenvalue weighted by atomic mass is 10.1. The quantitative estimate of drug-likeness (QED) is 0.689. The maximum absolute atomic E-state index is 11.8. The maximum atomic E-state index is 11.8. The molecule has 1 aromatic rings. The highest BCUT2D eigenvalue weighted by molar-refractivity contribution is 6.30. The molecule has 21 heavy (non-hydrogen) atoms. The second kappa shape index (κ2) is 9.64. The van der Waals surface area contributed by atoms with Crippen LogP contribution >= 0.6 is 11.6 Å². The van der Waals surface area contributed by atoms with Crippen molar-refractivity contribution in [3.8, 4) is 0 Å². The Kier molecular flexibility index (Phi) is 8.16. The topological polar surface area (TPSA) is 44.4 Å². The van der Waals surface area contributed by atoms with E-state index >= 15 is 0 Å². The molecule has 0 saturated heterocycles. The van der Waals surface area contributed by atoms with Crippen molar-refractivity contribution in [2.75, 3.05) is 31.1 Å². The number of likely N-dealkylation sites (N-methyl/N-ethyl adjacent to an activating group) is 2. The van der Waals surface area contributed by atoms with Crippen molar-refractivity contribution < 1.29 is 4.79 Å².